The number of hydrogen-bond acceptors (Lipinski definition) is 4. The first-order chi connectivity index (χ1) is 7.97. The molecule has 0 aliphatic carbocycles. The predicted octanol–water partition coefficient (Wildman–Crippen LogP) is 1.79. The number of thiophene rings is 1. The van der Waals surface area contributed by atoms with Crippen LogP contribution in [0.1, 0.15) is 25.6 Å². The topological polar surface area (TPSA) is 58.2 Å². The molecule has 0 aromatic carbocycles. The van der Waals surface area contributed by atoms with Crippen molar-refractivity contribution in [3.05, 3.63) is 16.3 Å². The maximum atomic E-state index is 12.0. The summed E-state index contributed by atoms with van der Waals surface area (Å²) in [5.74, 6) is 0.306. The van der Waals surface area contributed by atoms with Crippen LogP contribution in [-0.2, 0) is 16.6 Å². The number of hydrogen-bond donors (Lipinski definition) is 2. The standard InChI is InChI=1S/C11H20N2O2S2/c1-4-12-8-10-11(5-6-16-10)17(14,15)13-7-9(2)3/h5-6,9,12-13H,4,7-8H2,1-3H3. The second kappa shape index (κ2) is 6.49. The third-order valence-corrected chi connectivity index (χ3v) is 4.77. The van der Waals surface area contributed by atoms with Crippen molar-refractivity contribution in [2.45, 2.75) is 32.2 Å². The van der Waals surface area contributed by atoms with Crippen molar-refractivity contribution in [2.24, 2.45) is 5.92 Å². The molecule has 0 radical (unpaired) electrons. The van der Waals surface area contributed by atoms with E-state index in [1.807, 2.05) is 26.2 Å². The molecule has 0 fully saturated rings. The summed E-state index contributed by atoms with van der Waals surface area (Å²) in [4.78, 5) is 1.27. The minimum atomic E-state index is -3.35. The molecular formula is C11H20N2O2S2. The van der Waals surface area contributed by atoms with Crippen molar-refractivity contribution in [2.75, 3.05) is 13.1 Å². The highest BCUT2D eigenvalue weighted by molar-refractivity contribution is 7.89. The molecule has 0 amide bonds. The Hall–Kier alpha value is -0.430. The van der Waals surface area contributed by atoms with E-state index in [1.54, 1.807) is 6.07 Å². The fraction of sp³-hybridized carbons (Fsp3) is 0.636. The molecule has 17 heavy (non-hydrogen) atoms. The molecule has 98 valence electrons. The van der Waals surface area contributed by atoms with E-state index in [2.05, 4.69) is 10.0 Å². The van der Waals surface area contributed by atoms with E-state index in [1.165, 1.54) is 11.3 Å². The Balaban J connectivity index is 2.80. The molecule has 1 heterocycles. The van der Waals surface area contributed by atoms with Gasteiger partial charge in [0.25, 0.3) is 0 Å². The summed E-state index contributed by atoms with van der Waals surface area (Å²) in [6, 6.07) is 1.67. The molecule has 0 atom stereocenters. The van der Waals surface area contributed by atoms with Gasteiger partial charge in [-0.1, -0.05) is 20.8 Å². The van der Waals surface area contributed by atoms with Crippen LogP contribution in [0.25, 0.3) is 0 Å². The van der Waals surface area contributed by atoms with E-state index in [-0.39, 0.29) is 0 Å². The molecule has 0 saturated carbocycles. The lowest BCUT2D eigenvalue weighted by Crippen LogP contribution is -2.28. The Morgan fingerprint density at radius 1 is 1.41 bits per heavy atom. The van der Waals surface area contributed by atoms with E-state index >= 15 is 0 Å². The summed E-state index contributed by atoms with van der Waals surface area (Å²) in [5.41, 5.74) is 0. The van der Waals surface area contributed by atoms with Crippen LogP contribution >= 0.6 is 11.3 Å². The molecule has 2 N–H and O–H groups in total. The zero-order valence-corrected chi connectivity index (χ0v) is 12.1. The molecule has 1 rings (SSSR count). The van der Waals surface area contributed by atoms with Gasteiger partial charge in [-0.15, -0.1) is 11.3 Å². The highest BCUT2D eigenvalue weighted by atomic mass is 32.2. The predicted molar refractivity (Wildman–Crippen MR) is 71.7 cm³/mol. The van der Waals surface area contributed by atoms with Crippen molar-refractivity contribution in [1.82, 2.24) is 10.0 Å². The molecule has 4 nitrogen and oxygen atoms in total. The largest absolute Gasteiger partial charge is 0.312 e. The zero-order chi connectivity index (χ0) is 12.9. The quantitative estimate of drug-likeness (QED) is 0.798. The molecule has 1 aromatic rings. The van der Waals surface area contributed by atoms with Gasteiger partial charge in [-0.25, -0.2) is 13.1 Å². The van der Waals surface area contributed by atoms with Crippen molar-refractivity contribution >= 4 is 21.4 Å². The molecule has 0 aliphatic heterocycles. The first-order valence-electron chi connectivity index (χ1n) is 5.74. The summed E-state index contributed by atoms with van der Waals surface area (Å²) in [7, 11) is -3.35. The molecule has 0 aliphatic rings. The Bertz CT molecular complexity index is 438. The van der Waals surface area contributed by atoms with Crippen molar-refractivity contribution < 1.29 is 8.42 Å². The van der Waals surface area contributed by atoms with E-state index in [0.29, 0.717) is 23.9 Å². The van der Waals surface area contributed by atoms with Gasteiger partial charge in [0, 0.05) is 18.0 Å². The van der Waals surface area contributed by atoms with Crippen LogP contribution in [0.3, 0.4) is 0 Å². The van der Waals surface area contributed by atoms with Gasteiger partial charge in [0.1, 0.15) is 0 Å². The van der Waals surface area contributed by atoms with Crippen LogP contribution in [0.2, 0.25) is 0 Å². The van der Waals surface area contributed by atoms with Crippen molar-refractivity contribution in [3.8, 4) is 0 Å². The van der Waals surface area contributed by atoms with Crippen LogP contribution in [0.15, 0.2) is 16.3 Å². The fourth-order valence-corrected chi connectivity index (χ4v) is 3.91. The Morgan fingerprint density at radius 2 is 2.12 bits per heavy atom. The average Bonchev–Trinajstić information content (AvgIpc) is 2.72. The normalized spacial score (nSPS) is 12.2. The summed E-state index contributed by atoms with van der Waals surface area (Å²) in [6.07, 6.45) is 0. The van der Waals surface area contributed by atoms with Gasteiger partial charge in [0.15, 0.2) is 0 Å². The highest BCUT2D eigenvalue weighted by Gasteiger charge is 2.19. The third-order valence-electron chi connectivity index (χ3n) is 2.21. The Morgan fingerprint density at radius 3 is 2.71 bits per heavy atom. The van der Waals surface area contributed by atoms with E-state index < -0.39 is 10.0 Å². The molecule has 0 bridgehead atoms. The van der Waals surface area contributed by atoms with Crippen molar-refractivity contribution in [1.29, 1.82) is 0 Å². The minimum Gasteiger partial charge on any atom is -0.312 e. The SMILES string of the molecule is CCNCc1sccc1S(=O)(=O)NCC(C)C. The maximum Gasteiger partial charge on any atom is 0.241 e. The fourth-order valence-electron chi connectivity index (χ4n) is 1.29. The molecular weight excluding hydrogens is 256 g/mol. The first-order valence-corrected chi connectivity index (χ1v) is 8.10. The van der Waals surface area contributed by atoms with Crippen LogP contribution in [0, 0.1) is 5.92 Å². The third kappa shape index (κ3) is 4.39. The maximum absolute atomic E-state index is 12.0. The summed E-state index contributed by atoms with van der Waals surface area (Å²) < 4.78 is 26.7. The number of rotatable bonds is 7. The van der Waals surface area contributed by atoms with Gasteiger partial charge in [0.2, 0.25) is 10.0 Å². The molecule has 0 unspecified atom stereocenters. The second-order valence-electron chi connectivity index (χ2n) is 4.23. The second-order valence-corrected chi connectivity index (χ2v) is 6.97. The van der Waals surface area contributed by atoms with Gasteiger partial charge in [0.05, 0.1) is 4.90 Å². The van der Waals surface area contributed by atoms with Gasteiger partial charge < -0.3 is 5.32 Å². The lowest BCUT2D eigenvalue weighted by atomic mass is 10.2. The Labute approximate surface area is 107 Å². The van der Waals surface area contributed by atoms with E-state index in [0.717, 1.165) is 11.4 Å². The van der Waals surface area contributed by atoms with Gasteiger partial charge >= 0.3 is 0 Å². The monoisotopic (exact) mass is 276 g/mol. The molecule has 0 saturated heterocycles. The number of nitrogens with one attached hydrogen (secondary N) is 2. The molecule has 0 spiro atoms. The van der Waals surface area contributed by atoms with Crippen LogP contribution < -0.4 is 10.0 Å². The van der Waals surface area contributed by atoms with E-state index in [9.17, 15) is 8.42 Å². The highest BCUT2D eigenvalue weighted by Crippen LogP contribution is 2.21. The van der Waals surface area contributed by atoms with Gasteiger partial charge in [-0.3, -0.25) is 0 Å². The van der Waals surface area contributed by atoms with Gasteiger partial charge in [-0.05, 0) is 23.9 Å². The van der Waals surface area contributed by atoms with Gasteiger partial charge in [-0.2, -0.15) is 0 Å². The van der Waals surface area contributed by atoms with Crippen molar-refractivity contribution in [3.63, 3.8) is 0 Å². The minimum absolute atomic E-state index is 0.306. The van der Waals surface area contributed by atoms with Crippen LogP contribution in [0.5, 0.6) is 0 Å². The Kier molecular flexibility index (Phi) is 5.58. The lowest BCUT2D eigenvalue weighted by molar-refractivity contribution is 0.559. The lowest BCUT2D eigenvalue weighted by Gasteiger charge is -2.09. The molecule has 6 heteroatoms. The molecule has 1 aromatic heterocycles. The average molecular weight is 276 g/mol. The van der Waals surface area contributed by atoms with Crippen LogP contribution in [0.4, 0.5) is 0 Å². The van der Waals surface area contributed by atoms with Crippen LogP contribution in [-0.4, -0.2) is 21.5 Å². The summed E-state index contributed by atoms with van der Waals surface area (Å²) in [5, 5.41) is 4.96. The summed E-state index contributed by atoms with van der Waals surface area (Å²) >= 11 is 1.47. The summed E-state index contributed by atoms with van der Waals surface area (Å²) in [6.45, 7) is 7.87. The van der Waals surface area contributed by atoms with E-state index in [4.69, 9.17) is 0 Å². The zero-order valence-electron chi connectivity index (χ0n) is 10.5. The first kappa shape index (κ1) is 14.6. The smallest absolute Gasteiger partial charge is 0.241 e. The number of sulfonamides is 1.